The van der Waals surface area contributed by atoms with E-state index in [2.05, 4.69) is 10.9 Å². The molecule has 13 heavy (non-hydrogen) atoms. The second-order valence-corrected chi connectivity index (χ2v) is 3.31. The Morgan fingerprint density at radius 2 is 2.00 bits per heavy atom. The molecule has 0 N–H and O–H groups in total. The van der Waals surface area contributed by atoms with Crippen LogP contribution < -0.4 is 0 Å². The Labute approximate surface area is 81.1 Å². The highest BCUT2D eigenvalue weighted by Gasteiger charge is 1.97. The molecule has 0 saturated carbocycles. The molecule has 0 radical (unpaired) electrons. The molecule has 0 saturated heterocycles. The van der Waals surface area contributed by atoms with Crippen LogP contribution in [0.15, 0.2) is 35.2 Å². The molecule has 0 aliphatic rings. The van der Waals surface area contributed by atoms with Gasteiger partial charge in [-0.1, -0.05) is 18.1 Å². The molecule has 0 aliphatic heterocycles. The molecule has 0 fully saturated rings. The summed E-state index contributed by atoms with van der Waals surface area (Å²) in [5.74, 6) is 2.58. The summed E-state index contributed by atoms with van der Waals surface area (Å²) in [7, 11) is 0. The molecule has 0 bridgehead atoms. The van der Waals surface area contributed by atoms with Gasteiger partial charge in [0.25, 0.3) is 0 Å². The van der Waals surface area contributed by atoms with Crippen LogP contribution >= 0.6 is 11.3 Å². The van der Waals surface area contributed by atoms with E-state index in [9.17, 15) is 0 Å². The molecule has 2 rings (SSSR count). The monoisotopic (exact) mass is 185 g/mol. The number of benzene rings is 1. The minimum Gasteiger partial charge on any atom is -0.245 e. The SMILES string of the molecule is C#Cc1ccc(-c2cscn2)cc1. The van der Waals surface area contributed by atoms with Gasteiger partial charge in [-0.15, -0.1) is 17.8 Å². The molecule has 62 valence electrons. The van der Waals surface area contributed by atoms with Crippen LogP contribution in [0.3, 0.4) is 0 Å². The van der Waals surface area contributed by atoms with Gasteiger partial charge >= 0.3 is 0 Å². The maximum atomic E-state index is 5.26. The summed E-state index contributed by atoms with van der Waals surface area (Å²) in [6.07, 6.45) is 5.26. The minimum atomic E-state index is 0.902. The quantitative estimate of drug-likeness (QED) is 0.622. The fraction of sp³-hybridized carbons (Fsp3) is 0. The van der Waals surface area contributed by atoms with Gasteiger partial charge < -0.3 is 0 Å². The molecular formula is C11H7NS. The summed E-state index contributed by atoms with van der Waals surface area (Å²) in [6, 6.07) is 7.83. The third-order valence-corrected chi connectivity index (χ3v) is 2.37. The third-order valence-electron chi connectivity index (χ3n) is 1.78. The largest absolute Gasteiger partial charge is 0.245 e. The van der Waals surface area contributed by atoms with Crippen molar-refractivity contribution in [3.8, 4) is 23.6 Å². The highest BCUT2D eigenvalue weighted by atomic mass is 32.1. The Hall–Kier alpha value is -1.59. The first-order valence-electron chi connectivity index (χ1n) is 3.85. The van der Waals surface area contributed by atoms with Gasteiger partial charge in [-0.3, -0.25) is 0 Å². The summed E-state index contributed by atoms with van der Waals surface area (Å²) in [6.45, 7) is 0. The lowest BCUT2D eigenvalue weighted by molar-refractivity contribution is 1.41. The molecule has 1 aromatic carbocycles. The zero-order valence-electron chi connectivity index (χ0n) is 6.90. The Kier molecular flexibility index (Phi) is 2.11. The van der Waals surface area contributed by atoms with Gasteiger partial charge in [0.05, 0.1) is 11.2 Å². The second kappa shape index (κ2) is 3.42. The molecule has 0 amide bonds. The lowest BCUT2D eigenvalue weighted by Gasteiger charge is -1.95. The zero-order chi connectivity index (χ0) is 9.10. The van der Waals surface area contributed by atoms with E-state index < -0.39 is 0 Å². The van der Waals surface area contributed by atoms with Crippen LogP contribution in [0.25, 0.3) is 11.3 Å². The number of hydrogen-bond donors (Lipinski definition) is 0. The van der Waals surface area contributed by atoms with E-state index in [1.807, 2.05) is 35.2 Å². The van der Waals surface area contributed by atoms with Gasteiger partial charge in [0.1, 0.15) is 0 Å². The van der Waals surface area contributed by atoms with E-state index in [-0.39, 0.29) is 0 Å². The smallest absolute Gasteiger partial charge is 0.0811 e. The molecule has 0 unspecified atom stereocenters. The first-order chi connectivity index (χ1) is 6.40. The first kappa shape index (κ1) is 8.03. The number of hydrogen-bond acceptors (Lipinski definition) is 2. The van der Waals surface area contributed by atoms with Crippen LogP contribution in [0.4, 0.5) is 0 Å². The van der Waals surface area contributed by atoms with E-state index >= 15 is 0 Å². The number of aromatic nitrogens is 1. The van der Waals surface area contributed by atoms with Crippen molar-refractivity contribution < 1.29 is 0 Å². The van der Waals surface area contributed by atoms with Gasteiger partial charge in [0.2, 0.25) is 0 Å². The van der Waals surface area contributed by atoms with E-state index in [1.165, 1.54) is 0 Å². The average molecular weight is 185 g/mol. The zero-order valence-corrected chi connectivity index (χ0v) is 7.71. The van der Waals surface area contributed by atoms with Gasteiger partial charge in [0.15, 0.2) is 0 Å². The van der Waals surface area contributed by atoms with Crippen LogP contribution in [-0.4, -0.2) is 4.98 Å². The molecule has 0 aliphatic carbocycles. The third kappa shape index (κ3) is 1.61. The van der Waals surface area contributed by atoms with Gasteiger partial charge in [0, 0.05) is 16.5 Å². The Morgan fingerprint density at radius 3 is 2.54 bits per heavy atom. The summed E-state index contributed by atoms with van der Waals surface area (Å²) in [5, 5.41) is 2.02. The normalized spacial score (nSPS) is 9.46. The van der Waals surface area contributed by atoms with Crippen molar-refractivity contribution in [1.29, 1.82) is 0 Å². The topological polar surface area (TPSA) is 12.9 Å². The van der Waals surface area contributed by atoms with Crippen molar-refractivity contribution in [2.75, 3.05) is 0 Å². The Bertz CT molecular complexity index is 420. The number of rotatable bonds is 1. The molecule has 1 heterocycles. The second-order valence-electron chi connectivity index (χ2n) is 2.60. The predicted octanol–water partition coefficient (Wildman–Crippen LogP) is 2.79. The molecule has 1 nitrogen and oxygen atoms in total. The molecule has 0 atom stereocenters. The highest BCUT2D eigenvalue weighted by molar-refractivity contribution is 7.07. The van der Waals surface area contributed by atoms with Crippen LogP contribution in [-0.2, 0) is 0 Å². The van der Waals surface area contributed by atoms with Crippen LogP contribution in [0.5, 0.6) is 0 Å². The van der Waals surface area contributed by atoms with Crippen LogP contribution in [0.2, 0.25) is 0 Å². The maximum Gasteiger partial charge on any atom is 0.0811 e. The van der Waals surface area contributed by atoms with Crippen molar-refractivity contribution in [3.63, 3.8) is 0 Å². The van der Waals surface area contributed by atoms with Crippen molar-refractivity contribution >= 4 is 11.3 Å². The molecule has 2 aromatic rings. The molecular weight excluding hydrogens is 178 g/mol. The van der Waals surface area contributed by atoms with E-state index in [1.54, 1.807) is 11.3 Å². The van der Waals surface area contributed by atoms with Crippen molar-refractivity contribution in [1.82, 2.24) is 4.98 Å². The molecule has 0 spiro atoms. The minimum absolute atomic E-state index is 0.902. The summed E-state index contributed by atoms with van der Waals surface area (Å²) >= 11 is 1.59. The lowest BCUT2D eigenvalue weighted by Crippen LogP contribution is -1.77. The fourth-order valence-corrected chi connectivity index (χ4v) is 1.65. The van der Waals surface area contributed by atoms with Crippen LogP contribution in [0.1, 0.15) is 5.56 Å². The Balaban J connectivity index is 2.40. The summed E-state index contributed by atoms with van der Waals surface area (Å²) in [5.41, 5.74) is 4.84. The Morgan fingerprint density at radius 1 is 1.23 bits per heavy atom. The van der Waals surface area contributed by atoms with Crippen molar-refractivity contribution in [2.45, 2.75) is 0 Å². The van der Waals surface area contributed by atoms with Gasteiger partial charge in [-0.05, 0) is 12.1 Å². The van der Waals surface area contributed by atoms with Crippen molar-refractivity contribution in [3.05, 3.63) is 40.7 Å². The maximum absolute atomic E-state index is 5.26. The van der Waals surface area contributed by atoms with E-state index in [0.29, 0.717) is 0 Å². The highest BCUT2D eigenvalue weighted by Crippen LogP contribution is 2.18. The van der Waals surface area contributed by atoms with E-state index in [0.717, 1.165) is 16.8 Å². The number of thiazole rings is 1. The van der Waals surface area contributed by atoms with Gasteiger partial charge in [-0.25, -0.2) is 4.98 Å². The van der Waals surface area contributed by atoms with Gasteiger partial charge in [-0.2, -0.15) is 0 Å². The summed E-state index contributed by atoms with van der Waals surface area (Å²) < 4.78 is 0. The standard InChI is InChI=1S/C11H7NS/c1-2-9-3-5-10(6-4-9)11-7-13-8-12-11/h1,3-8H. The average Bonchev–Trinajstić information content (AvgIpc) is 2.71. The van der Waals surface area contributed by atoms with Crippen LogP contribution in [0, 0.1) is 12.3 Å². The number of nitrogens with zero attached hydrogens (tertiary/aromatic N) is 1. The lowest BCUT2D eigenvalue weighted by atomic mass is 10.1. The first-order valence-corrected chi connectivity index (χ1v) is 4.79. The molecule has 1 aromatic heterocycles. The van der Waals surface area contributed by atoms with Crippen molar-refractivity contribution in [2.24, 2.45) is 0 Å². The van der Waals surface area contributed by atoms with E-state index in [4.69, 9.17) is 6.42 Å². The number of terminal acetylenes is 1. The predicted molar refractivity (Wildman–Crippen MR) is 55.5 cm³/mol. The molecule has 2 heteroatoms. The summed E-state index contributed by atoms with van der Waals surface area (Å²) in [4.78, 5) is 4.21. The fourth-order valence-electron chi connectivity index (χ4n) is 1.09.